The quantitative estimate of drug-likeness (QED) is 0.514. The van der Waals surface area contributed by atoms with Crippen molar-refractivity contribution in [2.24, 2.45) is 0 Å². The van der Waals surface area contributed by atoms with E-state index < -0.39 is 5.97 Å². The predicted molar refractivity (Wildman–Crippen MR) is 104 cm³/mol. The van der Waals surface area contributed by atoms with Crippen molar-refractivity contribution in [3.05, 3.63) is 63.6 Å². The number of halogens is 1. The maximum atomic E-state index is 12.2. The summed E-state index contributed by atoms with van der Waals surface area (Å²) in [6, 6.07) is 13.1. The minimum Gasteiger partial charge on any atom is -0.493 e. The lowest BCUT2D eigenvalue weighted by molar-refractivity contribution is 0.0467. The summed E-state index contributed by atoms with van der Waals surface area (Å²) in [5.41, 5.74) is 2.05. The predicted octanol–water partition coefficient (Wildman–Crippen LogP) is 4.95. The Morgan fingerprint density at radius 2 is 1.81 bits per heavy atom. The Balaban J connectivity index is 1.70. The summed E-state index contributed by atoms with van der Waals surface area (Å²) in [6.45, 7) is 0.204. The number of esters is 1. The van der Waals surface area contributed by atoms with E-state index >= 15 is 0 Å². The number of hydrogen-bond donors (Lipinski definition) is 0. The van der Waals surface area contributed by atoms with Gasteiger partial charge in [-0.15, -0.1) is 11.3 Å². The SMILES string of the molecule is COc1ccc(-c2nc(C(=O)OCc3ccc(Br)cc3)cs2)cc1OC. The Bertz CT molecular complexity index is 908. The lowest BCUT2D eigenvalue weighted by Gasteiger charge is -2.08. The minimum atomic E-state index is -0.448. The van der Waals surface area contributed by atoms with Gasteiger partial charge in [0.2, 0.25) is 0 Å². The Morgan fingerprint density at radius 1 is 1.08 bits per heavy atom. The van der Waals surface area contributed by atoms with E-state index in [0.717, 1.165) is 15.6 Å². The number of benzene rings is 2. The highest BCUT2D eigenvalue weighted by molar-refractivity contribution is 9.10. The molecule has 0 aliphatic heterocycles. The fraction of sp³-hybridized carbons (Fsp3) is 0.158. The van der Waals surface area contributed by atoms with Crippen LogP contribution in [0.4, 0.5) is 0 Å². The van der Waals surface area contributed by atoms with Crippen LogP contribution in [0.15, 0.2) is 52.3 Å². The maximum Gasteiger partial charge on any atom is 0.358 e. The molecule has 0 radical (unpaired) electrons. The summed E-state index contributed by atoms with van der Waals surface area (Å²) in [7, 11) is 3.16. The van der Waals surface area contributed by atoms with Gasteiger partial charge in [0.15, 0.2) is 17.2 Å². The Hall–Kier alpha value is -2.38. The second kappa shape index (κ2) is 8.33. The third-order valence-corrected chi connectivity index (χ3v) is 5.05. The van der Waals surface area contributed by atoms with E-state index in [1.807, 2.05) is 36.4 Å². The molecule has 0 atom stereocenters. The Kier molecular flexibility index (Phi) is 5.90. The number of aromatic nitrogens is 1. The van der Waals surface area contributed by atoms with Crippen LogP contribution in [0.5, 0.6) is 11.5 Å². The Labute approximate surface area is 163 Å². The summed E-state index contributed by atoms with van der Waals surface area (Å²) in [5, 5.41) is 2.40. The smallest absolute Gasteiger partial charge is 0.358 e. The molecular weight excluding hydrogens is 418 g/mol. The fourth-order valence-corrected chi connectivity index (χ4v) is 3.32. The van der Waals surface area contributed by atoms with Crippen molar-refractivity contribution >= 4 is 33.2 Å². The molecule has 0 amide bonds. The molecule has 0 spiro atoms. The largest absolute Gasteiger partial charge is 0.493 e. The van der Waals surface area contributed by atoms with Gasteiger partial charge in [0.1, 0.15) is 11.6 Å². The number of nitrogens with zero attached hydrogens (tertiary/aromatic N) is 1. The summed E-state index contributed by atoms with van der Waals surface area (Å²) in [4.78, 5) is 16.6. The molecule has 0 unspecified atom stereocenters. The molecule has 0 N–H and O–H groups in total. The van der Waals surface area contributed by atoms with Gasteiger partial charge >= 0.3 is 5.97 Å². The van der Waals surface area contributed by atoms with Crippen LogP contribution in [-0.4, -0.2) is 25.2 Å². The molecular formula is C19H16BrNO4S. The summed E-state index contributed by atoms with van der Waals surface area (Å²) in [5.74, 6) is 0.803. The molecule has 1 aromatic heterocycles. The standard InChI is InChI=1S/C19H16BrNO4S/c1-23-16-8-5-13(9-17(16)24-2)18-21-15(11-26-18)19(22)25-10-12-3-6-14(20)7-4-12/h3-9,11H,10H2,1-2H3. The zero-order valence-corrected chi connectivity index (χ0v) is 16.6. The van der Waals surface area contributed by atoms with Crippen LogP contribution in [0.2, 0.25) is 0 Å². The molecule has 1 heterocycles. The molecule has 0 aliphatic carbocycles. The van der Waals surface area contributed by atoms with E-state index in [4.69, 9.17) is 14.2 Å². The number of rotatable bonds is 6. The van der Waals surface area contributed by atoms with Crippen LogP contribution < -0.4 is 9.47 Å². The molecule has 0 bridgehead atoms. The van der Waals surface area contributed by atoms with Gasteiger partial charge in [-0.2, -0.15) is 0 Å². The highest BCUT2D eigenvalue weighted by Crippen LogP contribution is 2.33. The van der Waals surface area contributed by atoms with Gasteiger partial charge in [-0.1, -0.05) is 28.1 Å². The zero-order valence-electron chi connectivity index (χ0n) is 14.2. The molecule has 0 saturated heterocycles. The summed E-state index contributed by atoms with van der Waals surface area (Å²) < 4.78 is 16.8. The molecule has 0 fully saturated rings. The van der Waals surface area contributed by atoms with Crippen molar-refractivity contribution in [2.75, 3.05) is 14.2 Å². The monoisotopic (exact) mass is 433 g/mol. The van der Waals surface area contributed by atoms with E-state index in [-0.39, 0.29) is 12.3 Å². The molecule has 26 heavy (non-hydrogen) atoms. The van der Waals surface area contributed by atoms with Crippen molar-refractivity contribution in [3.63, 3.8) is 0 Å². The highest BCUT2D eigenvalue weighted by atomic mass is 79.9. The van der Waals surface area contributed by atoms with Gasteiger partial charge in [0.25, 0.3) is 0 Å². The van der Waals surface area contributed by atoms with Crippen molar-refractivity contribution in [1.82, 2.24) is 4.98 Å². The zero-order chi connectivity index (χ0) is 18.5. The molecule has 134 valence electrons. The Morgan fingerprint density at radius 3 is 2.50 bits per heavy atom. The second-order valence-electron chi connectivity index (χ2n) is 5.31. The molecule has 3 rings (SSSR count). The van der Waals surface area contributed by atoms with Gasteiger partial charge in [-0.25, -0.2) is 9.78 Å². The minimum absolute atomic E-state index is 0.204. The lowest BCUT2D eigenvalue weighted by Crippen LogP contribution is -2.05. The molecule has 3 aromatic rings. The normalized spacial score (nSPS) is 10.4. The summed E-state index contributed by atoms with van der Waals surface area (Å²) >= 11 is 4.75. The van der Waals surface area contributed by atoms with Crippen molar-refractivity contribution < 1.29 is 19.0 Å². The lowest BCUT2D eigenvalue weighted by atomic mass is 10.2. The summed E-state index contributed by atoms with van der Waals surface area (Å²) in [6.07, 6.45) is 0. The van der Waals surface area contributed by atoms with Gasteiger partial charge in [0.05, 0.1) is 14.2 Å². The first-order valence-corrected chi connectivity index (χ1v) is 9.37. The van der Waals surface area contributed by atoms with Crippen LogP contribution in [0.1, 0.15) is 16.1 Å². The first-order valence-electron chi connectivity index (χ1n) is 7.70. The highest BCUT2D eigenvalue weighted by Gasteiger charge is 2.15. The molecule has 0 saturated carbocycles. The third kappa shape index (κ3) is 4.23. The van der Waals surface area contributed by atoms with Crippen molar-refractivity contribution in [1.29, 1.82) is 0 Å². The number of methoxy groups -OCH3 is 2. The van der Waals surface area contributed by atoms with Crippen LogP contribution >= 0.6 is 27.3 Å². The average Bonchev–Trinajstić information content (AvgIpc) is 3.17. The second-order valence-corrected chi connectivity index (χ2v) is 7.08. The third-order valence-electron chi connectivity index (χ3n) is 3.63. The molecule has 0 aliphatic rings. The van der Waals surface area contributed by atoms with Gasteiger partial charge in [-0.05, 0) is 35.9 Å². The van der Waals surface area contributed by atoms with Crippen LogP contribution in [0.3, 0.4) is 0 Å². The van der Waals surface area contributed by atoms with E-state index in [9.17, 15) is 4.79 Å². The number of carbonyl (C=O) groups excluding carboxylic acids is 1. The van der Waals surface area contributed by atoms with Gasteiger partial charge in [0, 0.05) is 15.4 Å². The van der Waals surface area contributed by atoms with E-state index in [2.05, 4.69) is 20.9 Å². The van der Waals surface area contributed by atoms with Gasteiger partial charge in [-0.3, -0.25) is 0 Å². The van der Waals surface area contributed by atoms with Crippen LogP contribution in [0, 0.1) is 0 Å². The number of thiazole rings is 1. The topological polar surface area (TPSA) is 57.7 Å². The number of ether oxygens (including phenoxy) is 3. The van der Waals surface area contributed by atoms with Gasteiger partial charge < -0.3 is 14.2 Å². The maximum absolute atomic E-state index is 12.2. The number of carbonyl (C=O) groups is 1. The first kappa shape index (κ1) is 18.4. The van der Waals surface area contributed by atoms with E-state index in [0.29, 0.717) is 16.5 Å². The van der Waals surface area contributed by atoms with Crippen molar-refractivity contribution in [3.8, 4) is 22.1 Å². The van der Waals surface area contributed by atoms with Crippen molar-refractivity contribution in [2.45, 2.75) is 6.61 Å². The van der Waals surface area contributed by atoms with Crippen LogP contribution in [-0.2, 0) is 11.3 Å². The molecule has 7 heteroatoms. The molecule has 5 nitrogen and oxygen atoms in total. The molecule has 2 aromatic carbocycles. The van der Waals surface area contributed by atoms with E-state index in [1.54, 1.807) is 25.7 Å². The first-order chi connectivity index (χ1) is 12.6. The van der Waals surface area contributed by atoms with Crippen LogP contribution in [0.25, 0.3) is 10.6 Å². The average molecular weight is 434 g/mol. The van der Waals surface area contributed by atoms with E-state index in [1.165, 1.54) is 11.3 Å². The number of hydrogen-bond acceptors (Lipinski definition) is 6. The fourth-order valence-electron chi connectivity index (χ4n) is 2.27.